The van der Waals surface area contributed by atoms with Gasteiger partial charge in [0.15, 0.2) is 14.9 Å². The van der Waals surface area contributed by atoms with Gasteiger partial charge in [-0.25, -0.2) is 22.5 Å². The van der Waals surface area contributed by atoms with Gasteiger partial charge < -0.3 is 15.5 Å². The Bertz CT molecular complexity index is 1510. The number of carbonyl (C=O) groups excluding carboxylic acids is 1. The first-order valence-corrected chi connectivity index (χ1v) is 13.4. The van der Waals surface area contributed by atoms with Gasteiger partial charge in [0.05, 0.1) is 35.2 Å². The molecule has 3 aromatic heterocycles. The summed E-state index contributed by atoms with van der Waals surface area (Å²) in [6, 6.07) is 8.02. The molecule has 0 bridgehead atoms. The fourth-order valence-corrected chi connectivity index (χ4v) is 4.67. The number of benzene rings is 1. The van der Waals surface area contributed by atoms with Crippen LogP contribution in [0.15, 0.2) is 66.2 Å². The highest BCUT2D eigenvalue weighted by Crippen LogP contribution is 2.27. The molecule has 0 radical (unpaired) electrons. The molecule has 0 aliphatic rings. The Balaban J connectivity index is 1.69. The summed E-state index contributed by atoms with van der Waals surface area (Å²) in [4.78, 5) is 21.6. The highest BCUT2D eigenvalue weighted by Gasteiger charge is 2.24. The third-order valence-corrected chi connectivity index (χ3v) is 7.01. The van der Waals surface area contributed by atoms with E-state index in [2.05, 4.69) is 20.4 Å². The van der Waals surface area contributed by atoms with Gasteiger partial charge >= 0.3 is 0 Å². The van der Waals surface area contributed by atoms with E-state index in [1.165, 1.54) is 36.8 Å². The smallest absolute Gasteiger partial charge is 0.254 e. The fraction of sp³-hybridized carbons (Fsp3) is 0.280. The van der Waals surface area contributed by atoms with Gasteiger partial charge in [-0.2, -0.15) is 5.10 Å². The van der Waals surface area contributed by atoms with E-state index >= 15 is 0 Å². The molecule has 4 aromatic rings. The molecule has 1 amide bonds. The minimum absolute atomic E-state index is 0.142. The van der Waals surface area contributed by atoms with Gasteiger partial charge in [-0.3, -0.25) is 9.78 Å². The molecule has 1 unspecified atom stereocenters. The first kappa shape index (κ1) is 26.3. The number of halogens is 1. The van der Waals surface area contributed by atoms with Gasteiger partial charge in [0.1, 0.15) is 5.82 Å². The number of fused-ring (bicyclic) bond motifs is 1. The Morgan fingerprint density at radius 1 is 1.14 bits per heavy atom. The molecule has 2 atom stereocenters. The number of rotatable bonds is 10. The van der Waals surface area contributed by atoms with Crippen molar-refractivity contribution in [2.75, 3.05) is 19.5 Å². The van der Waals surface area contributed by atoms with Crippen LogP contribution in [0.25, 0.3) is 16.6 Å². The van der Waals surface area contributed by atoms with Crippen LogP contribution >= 0.6 is 0 Å². The number of aromatic nitrogens is 4. The van der Waals surface area contributed by atoms with E-state index < -0.39 is 21.8 Å². The van der Waals surface area contributed by atoms with Crippen molar-refractivity contribution in [3.63, 3.8) is 0 Å². The molecule has 194 valence electrons. The Labute approximate surface area is 212 Å². The van der Waals surface area contributed by atoms with Crippen LogP contribution in [0, 0.1) is 11.7 Å². The van der Waals surface area contributed by atoms with E-state index in [0.29, 0.717) is 28.6 Å². The van der Waals surface area contributed by atoms with Gasteiger partial charge in [0.2, 0.25) is 0 Å². The standard InChI is InChI=1S/C25H26FN5O5S/c1-37(35,36)24-11-17(6-8-28-24)22(10-16(15-33)7-9-32)30-25(34)21-12-27-14-23-20(21)13-29-31(23)19-4-2-18(26)3-5-19/h2-6,8,11-14,16,22,32-33H,7,9-10,15H2,1H3,(H,30,34)/t16?,22-/m0/s1. The normalized spacial score (nSPS) is 13.4. The van der Waals surface area contributed by atoms with Crippen molar-refractivity contribution in [1.82, 2.24) is 25.1 Å². The van der Waals surface area contributed by atoms with E-state index in [9.17, 15) is 27.8 Å². The topological polar surface area (TPSA) is 147 Å². The maximum Gasteiger partial charge on any atom is 0.254 e. The lowest BCUT2D eigenvalue weighted by Crippen LogP contribution is -2.31. The Kier molecular flexibility index (Phi) is 7.91. The van der Waals surface area contributed by atoms with Crippen molar-refractivity contribution in [3.05, 3.63) is 78.1 Å². The number of hydrogen-bond acceptors (Lipinski definition) is 8. The van der Waals surface area contributed by atoms with Gasteiger partial charge in [-0.05, 0) is 60.7 Å². The van der Waals surface area contributed by atoms with E-state index in [4.69, 9.17) is 0 Å². The van der Waals surface area contributed by atoms with Crippen molar-refractivity contribution in [1.29, 1.82) is 0 Å². The van der Waals surface area contributed by atoms with Gasteiger partial charge in [0, 0.05) is 37.2 Å². The SMILES string of the molecule is CS(=O)(=O)c1cc([C@H](CC(CO)CCO)NC(=O)c2cncc3c2cnn3-c2ccc(F)cc2)ccn1. The summed E-state index contributed by atoms with van der Waals surface area (Å²) >= 11 is 0. The summed E-state index contributed by atoms with van der Waals surface area (Å²) in [7, 11) is -3.60. The van der Waals surface area contributed by atoms with Crippen LogP contribution in [0.3, 0.4) is 0 Å². The number of hydrogen-bond donors (Lipinski definition) is 3. The second kappa shape index (κ2) is 11.1. The fourth-order valence-electron chi connectivity index (χ4n) is 4.07. The summed E-state index contributed by atoms with van der Waals surface area (Å²) in [5.74, 6) is -1.22. The molecule has 0 saturated heterocycles. The molecule has 0 saturated carbocycles. The lowest BCUT2D eigenvalue weighted by molar-refractivity contribution is 0.0922. The predicted molar refractivity (Wildman–Crippen MR) is 133 cm³/mol. The summed E-state index contributed by atoms with van der Waals surface area (Å²) in [6.45, 7) is -0.374. The van der Waals surface area contributed by atoms with Crippen molar-refractivity contribution in [3.8, 4) is 5.69 Å². The second-order valence-electron chi connectivity index (χ2n) is 8.67. The van der Waals surface area contributed by atoms with Crippen LogP contribution in [0.1, 0.15) is 34.8 Å². The molecule has 1 aromatic carbocycles. The molecule has 0 aliphatic carbocycles. The number of aliphatic hydroxyl groups is 2. The maximum absolute atomic E-state index is 13.5. The zero-order valence-electron chi connectivity index (χ0n) is 20.0. The molecule has 0 fully saturated rings. The number of carbonyl (C=O) groups is 1. The highest BCUT2D eigenvalue weighted by molar-refractivity contribution is 7.90. The first-order chi connectivity index (χ1) is 17.7. The van der Waals surface area contributed by atoms with E-state index in [-0.39, 0.29) is 42.0 Å². The highest BCUT2D eigenvalue weighted by atomic mass is 32.2. The number of nitrogens with zero attached hydrogens (tertiary/aromatic N) is 4. The zero-order chi connectivity index (χ0) is 26.6. The molecule has 10 nitrogen and oxygen atoms in total. The molecular weight excluding hydrogens is 501 g/mol. The van der Waals surface area contributed by atoms with Crippen molar-refractivity contribution >= 4 is 26.6 Å². The lowest BCUT2D eigenvalue weighted by atomic mass is 9.93. The summed E-state index contributed by atoms with van der Waals surface area (Å²) in [6.07, 6.45) is 7.39. The molecule has 3 N–H and O–H groups in total. The van der Waals surface area contributed by atoms with Crippen molar-refractivity contribution in [2.24, 2.45) is 5.92 Å². The average molecular weight is 528 g/mol. The van der Waals surface area contributed by atoms with E-state index in [0.717, 1.165) is 6.26 Å². The van der Waals surface area contributed by atoms with Crippen LogP contribution < -0.4 is 5.32 Å². The van der Waals surface area contributed by atoms with Crippen LogP contribution in [0.2, 0.25) is 0 Å². The number of aliphatic hydroxyl groups excluding tert-OH is 2. The largest absolute Gasteiger partial charge is 0.396 e. The first-order valence-electron chi connectivity index (χ1n) is 11.5. The minimum Gasteiger partial charge on any atom is -0.396 e. The Hall–Kier alpha value is -3.74. The van der Waals surface area contributed by atoms with Gasteiger partial charge in [-0.15, -0.1) is 0 Å². The molecule has 4 rings (SSSR count). The third kappa shape index (κ3) is 5.98. The van der Waals surface area contributed by atoms with Crippen LogP contribution in [-0.4, -0.2) is 63.8 Å². The molecule has 12 heteroatoms. The number of amides is 1. The minimum atomic E-state index is -3.60. The lowest BCUT2D eigenvalue weighted by Gasteiger charge is -2.24. The summed E-state index contributed by atoms with van der Waals surface area (Å²) in [5.41, 5.74) is 1.85. The van der Waals surface area contributed by atoms with Crippen molar-refractivity contribution < 1.29 is 27.8 Å². The molecule has 0 spiro atoms. The third-order valence-electron chi connectivity index (χ3n) is 6.02. The molecular formula is C25H26FN5O5S. The molecule has 37 heavy (non-hydrogen) atoms. The van der Waals surface area contributed by atoms with Crippen molar-refractivity contribution in [2.45, 2.75) is 23.9 Å². The summed E-state index contributed by atoms with van der Waals surface area (Å²) < 4.78 is 39.0. The monoisotopic (exact) mass is 527 g/mol. The zero-order valence-corrected chi connectivity index (χ0v) is 20.8. The van der Waals surface area contributed by atoms with Gasteiger partial charge in [-0.1, -0.05) is 0 Å². The van der Waals surface area contributed by atoms with E-state index in [1.807, 2.05) is 0 Å². The van der Waals surface area contributed by atoms with Crippen LogP contribution in [-0.2, 0) is 9.84 Å². The van der Waals surface area contributed by atoms with E-state index in [1.54, 1.807) is 29.1 Å². The Morgan fingerprint density at radius 2 is 1.89 bits per heavy atom. The average Bonchev–Trinajstić information content (AvgIpc) is 3.32. The van der Waals surface area contributed by atoms with Crippen LogP contribution in [0.4, 0.5) is 4.39 Å². The quantitative estimate of drug-likeness (QED) is 0.284. The number of sulfone groups is 1. The second-order valence-corrected chi connectivity index (χ2v) is 10.6. The summed E-state index contributed by atoms with van der Waals surface area (Å²) in [5, 5.41) is 26.8. The predicted octanol–water partition coefficient (Wildman–Crippen LogP) is 2.21. The number of pyridine rings is 2. The maximum atomic E-state index is 13.5. The molecule has 3 heterocycles. The van der Waals surface area contributed by atoms with Gasteiger partial charge in [0.25, 0.3) is 5.91 Å². The number of nitrogens with one attached hydrogen (secondary N) is 1. The molecule has 0 aliphatic heterocycles. The Morgan fingerprint density at radius 3 is 2.57 bits per heavy atom. The van der Waals surface area contributed by atoms with Crippen LogP contribution in [0.5, 0.6) is 0 Å².